The molecule has 0 spiro atoms. The molecule has 0 atom stereocenters. The molecule has 0 aliphatic heterocycles. The first-order valence-corrected chi connectivity index (χ1v) is 11.9. The number of aryl methyl sites for hydroxylation is 2. The van der Waals surface area contributed by atoms with Gasteiger partial charge in [0, 0.05) is 16.7 Å². The largest absolute Gasteiger partial charge is 0.206 e. The molecule has 32 heavy (non-hydrogen) atoms. The van der Waals surface area contributed by atoms with E-state index >= 15 is 8.78 Å². The van der Waals surface area contributed by atoms with E-state index in [4.69, 9.17) is 0 Å². The number of halogens is 3. The van der Waals surface area contributed by atoms with Gasteiger partial charge in [-0.1, -0.05) is 69.9 Å². The van der Waals surface area contributed by atoms with Gasteiger partial charge in [-0.2, -0.15) is 0 Å². The summed E-state index contributed by atoms with van der Waals surface area (Å²) < 4.78 is 45.3. The smallest absolute Gasteiger partial charge is 0.167 e. The molecule has 0 saturated heterocycles. The summed E-state index contributed by atoms with van der Waals surface area (Å²) in [5.41, 5.74) is 4.77. The van der Waals surface area contributed by atoms with Crippen LogP contribution in [-0.4, -0.2) is 0 Å². The number of unbranched alkanes of at least 4 members (excludes halogenated alkanes) is 4. The zero-order valence-electron chi connectivity index (χ0n) is 19.0. The zero-order chi connectivity index (χ0) is 22.7. The topological polar surface area (TPSA) is 0 Å². The molecule has 0 saturated carbocycles. The first-order valence-electron chi connectivity index (χ1n) is 11.9. The molecule has 0 aromatic heterocycles. The molecule has 3 heteroatoms. The van der Waals surface area contributed by atoms with Crippen molar-refractivity contribution in [3.8, 4) is 22.3 Å². The number of hydrogen-bond donors (Lipinski definition) is 0. The van der Waals surface area contributed by atoms with E-state index in [1.807, 2.05) is 30.3 Å². The van der Waals surface area contributed by atoms with E-state index in [0.717, 1.165) is 49.7 Å². The highest BCUT2D eigenvalue weighted by Gasteiger charge is 2.29. The van der Waals surface area contributed by atoms with Gasteiger partial charge in [0.05, 0.1) is 0 Å². The van der Waals surface area contributed by atoms with E-state index in [9.17, 15) is 4.39 Å². The Labute approximate surface area is 189 Å². The van der Waals surface area contributed by atoms with Crippen LogP contribution in [0.4, 0.5) is 13.2 Å². The SMILES string of the molecule is CCCCCc1ccc(-c2cc3c(c(F)c2F)-c2c(F)cc(CCCCC)cc2C3)cc1. The quantitative estimate of drug-likeness (QED) is 0.230. The Morgan fingerprint density at radius 2 is 1.28 bits per heavy atom. The minimum atomic E-state index is -0.944. The van der Waals surface area contributed by atoms with Gasteiger partial charge in [0.1, 0.15) is 5.82 Å². The average molecular weight is 437 g/mol. The Hall–Kier alpha value is -2.55. The molecule has 1 aliphatic rings. The van der Waals surface area contributed by atoms with Crippen molar-refractivity contribution in [2.24, 2.45) is 0 Å². The van der Waals surface area contributed by atoms with E-state index in [-0.39, 0.29) is 16.7 Å². The molecule has 0 nitrogen and oxygen atoms in total. The fourth-order valence-corrected chi connectivity index (χ4v) is 4.80. The summed E-state index contributed by atoms with van der Waals surface area (Å²) in [6.45, 7) is 4.31. The highest BCUT2D eigenvalue weighted by Crippen LogP contribution is 2.44. The molecule has 1 aliphatic carbocycles. The van der Waals surface area contributed by atoms with Gasteiger partial charge in [0.25, 0.3) is 0 Å². The van der Waals surface area contributed by atoms with Crippen LogP contribution in [-0.2, 0) is 19.3 Å². The van der Waals surface area contributed by atoms with E-state index in [2.05, 4.69) is 13.8 Å². The molecular weight excluding hydrogens is 405 g/mol. The minimum absolute atomic E-state index is 0.0926. The Balaban J connectivity index is 1.64. The maximum Gasteiger partial charge on any atom is 0.167 e. The molecule has 3 aromatic carbocycles. The molecule has 0 N–H and O–H groups in total. The summed E-state index contributed by atoms with van der Waals surface area (Å²) in [5.74, 6) is -2.29. The summed E-state index contributed by atoms with van der Waals surface area (Å²) in [7, 11) is 0. The molecule has 0 heterocycles. The van der Waals surface area contributed by atoms with Crippen molar-refractivity contribution in [1.29, 1.82) is 0 Å². The number of rotatable bonds is 9. The number of benzene rings is 3. The molecule has 0 bridgehead atoms. The van der Waals surface area contributed by atoms with Crippen LogP contribution in [0.2, 0.25) is 0 Å². The van der Waals surface area contributed by atoms with Gasteiger partial charge in [0.15, 0.2) is 11.6 Å². The van der Waals surface area contributed by atoms with Gasteiger partial charge in [-0.25, -0.2) is 13.2 Å². The van der Waals surface area contributed by atoms with Crippen molar-refractivity contribution >= 4 is 0 Å². The van der Waals surface area contributed by atoms with Crippen molar-refractivity contribution in [3.05, 3.63) is 82.2 Å². The fourth-order valence-electron chi connectivity index (χ4n) is 4.80. The van der Waals surface area contributed by atoms with Crippen LogP contribution in [0, 0.1) is 17.5 Å². The lowest BCUT2D eigenvalue weighted by Crippen LogP contribution is -1.97. The first kappa shape index (κ1) is 22.6. The Morgan fingerprint density at radius 1 is 0.656 bits per heavy atom. The predicted molar refractivity (Wildman–Crippen MR) is 126 cm³/mol. The summed E-state index contributed by atoms with van der Waals surface area (Å²) in [5, 5.41) is 0. The second kappa shape index (κ2) is 9.94. The lowest BCUT2D eigenvalue weighted by atomic mass is 9.96. The third kappa shape index (κ3) is 4.48. The van der Waals surface area contributed by atoms with Crippen LogP contribution in [0.15, 0.2) is 42.5 Å². The fraction of sp³-hybridized carbons (Fsp3) is 0.379. The van der Waals surface area contributed by atoms with Crippen LogP contribution in [0.3, 0.4) is 0 Å². The van der Waals surface area contributed by atoms with Gasteiger partial charge < -0.3 is 0 Å². The van der Waals surface area contributed by atoms with E-state index < -0.39 is 17.5 Å². The van der Waals surface area contributed by atoms with Crippen molar-refractivity contribution in [2.75, 3.05) is 0 Å². The Kier molecular flexibility index (Phi) is 7.03. The highest BCUT2D eigenvalue weighted by atomic mass is 19.2. The van der Waals surface area contributed by atoms with Gasteiger partial charge in [-0.15, -0.1) is 0 Å². The Bertz CT molecular complexity index is 1100. The summed E-state index contributed by atoms with van der Waals surface area (Å²) >= 11 is 0. The monoisotopic (exact) mass is 436 g/mol. The van der Waals surface area contributed by atoms with Crippen molar-refractivity contribution in [1.82, 2.24) is 0 Å². The van der Waals surface area contributed by atoms with E-state index in [1.54, 1.807) is 6.07 Å². The molecule has 4 rings (SSSR count). The molecular formula is C29H31F3. The van der Waals surface area contributed by atoms with Crippen LogP contribution < -0.4 is 0 Å². The first-order chi connectivity index (χ1) is 15.5. The van der Waals surface area contributed by atoms with Gasteiger partial charge in [-0.3, -0.25) is 0 Å². The van der Waals surface area contributed by atoms with Crippen molar-refractivity contribution in [3.63, 3.8) is 0 Å². The zero-order valence-corrected chi connectivity index (χ0v) is 19.0. The van der Waals surface area contributed by atoms with Gasteiger partial charge in [-0.05, 0) is 72.1 Å². The molecule has 0 radical (unpaired) electrons. The minimum Gasteiger partial charge on any atom is -0.206 e. The lowest BCUT2D eigenvalue weighted by Gasteiger charge is -2.11. The predicted octanol–water partition coefficient (Wildman–Crippen LogP) is 8.81. The van der Waals surface area contributed by atoms with Gasteiger partial charge >= 0.3 is 0 Å². The lowest BCUT2D eigenvalue weighted by molar-refractivity contribution is 0.512. The summed E-state index contributed by atoms with van der Waals surface area (Å²) in [6.07, 6.45) is 8.91. The highest BCUT2D eigenvalue weighted by molar-refractivity contribution is 5.82. The average Bonchev–Trinajstić information content (AvgIpc) is 3.16. The van der Waals surface area contributed by atoms with Crippen LogP contribution in [0.1, 0.15) is 74.6 Å². The van der Waals surface area contributed by atoms with E-state index in [1.165, 1.54) is 24.5 Å². The maximum absolute atomic E-state index is 15.2. The van der Waals surface area contributed by atoms with E-state index in [0.29, 0.717) is 17.5 Å². The normalized spacial score (nSPS) is 12.2. The van der Waals surface area contributed by atoms with Crippen molar-refractivity contribution in [2.45, 2.75) is 71.6 Å². The third-order valence-corrected chi connectivity index (χ3v) is 6.55. The Morgan fingerprint density at radius 3 is 1.94 bits per heavy atom. The van der Waals surface area contributed by atoms with Crippen LogP contribution in [0.25, 0.3) is 22.3 Å². The van der Waals surface area contributed by atoms with Crippen molar-refractivity contribution < 1.29 is 13.2 Å². The molecule has 0 unspecified atom stereocenters. The third-order valence-electron chi connectivity index (χ3n) is 6.55. The molecule has 3 aromatic rings. The van der Waals surface area contributed by atoms with Crippen LogP contribution in [0.5, 0.6) is 0 Å². The number of fused-ring (bicyclic) bond motifs is 3. The second-order valence-electron chi connectivity index (χ2n) is 8.99. The van der Waals surface area contributed by atoms with Crippen LogP contribution >= 0.6 is 0 Å². The molecule has 0 amide bonds. The molecule has 0 fully saturated rings. The summed E-state index contributed by atoms with van der Waals surface area (Å²) in [6, 6.07) is 12.9. The second-order valence-corrected chi connectivity index (χ2v) is 8.99. The maximum atomic E-state index is 15.2. The molecule has 168 valence electrons. The van der Waals surface area contributed by atoms with Gasteiger partial charge in [0.2, 0.25) is 0 Å². The standard InChI is InChI=1S/C29H31F3/c1-3-5-7-9-19-11-13-21(14-12-19)24-18-23-17-22-15-20(10-8-6-4-2)16-25(30)26(22)27(23)29(32)28(24)31/h11-16,18H,3-10,17H2,1-2H3. The summed E-state index contributed by atoms with van der Waals surface area (Å²) in [4.78, 5) is 0. The number of hydrogen-bond acceptors (Lipinski definition) is 0.